The van der Waals surface area contributed by atoms with Crippen LogP contribution in [0.5, 0.6) is 0 Å². The van der Waals surface area contributed by atoms with Gasteiger partial charge in [-0.25, -0.2) is 4.98 Å². The molecule has 10 aromatic carbocycles. The third-order valence-electron chi connectivity index (χ3n) is 13.5. The summed E-state index contributed by atoms with van der Waals surface area (Å²) in [5, 5.41) is 7.49. The van der Waals surface area contributed by atoms with Gasteiger partial charge in [0.1, 0.15) is 5.82 Å². The van der Waals surface area contributed by atoms with Gasteiger partial charge in [-0.2, -0.15) is 0 Å². The first-order chi connectivity index (χ1) is 32.0. The summed E-state index contributed by atoms with van der Waals surface area (Å²) >= 11 is 0. The molecule has 0 spiro atoms. The molecule has 0 saturated heterocycles. The van der Waals surface area contributed by atoms with Crippen LogP contribution in [0.15, 0.2) is 237 Å². The Morgan fingerprint density at radius 1 is 0.338 bits per heavy atom. The van der Waals surface area contributed by atoms with Crippen molar-refractivity contribution in [3.05, 3.63) is 248 Å². The van der Waals surface area contributed by atoms with Crippen LogP contribution in [0, 0.1) is 0 Å². The van der Waals surface area contributed by atoms with Gasteiger partial charge in [-0.15, -0.1) is 0 Å². The number of benzene rings is 10. The second kappa shape index (κ2) is 15.5. The van der Waals surface area contributed by atoms with Gasteiger partial charge in [0.05, 0.1) is 17.1 Å². The minimum Gasteiger partial charge on any atom is -0.309 e. The van der Waals surface area contributed by atoms with E-state index in [0.29, 0.717) is 0 Å². The van der Waals surface area contributed by atoms with Crippen molar-refractivity contribution in [3.63, 3.8) is 0 Å². The number of hydrogen-bond donors (Lipinski definition) is 0. The number of para-hydroxylation sites is 3. The molecule has 1 heterocycles. The summed E-state index contributed by atoms with van der Waals surface area (Å²) < 4.78 is 0. The zero-order valence-electron chi connectivity index (χ0n) is 36.4. The molecule has 12 rings (SSSR count). The normalized spacial score (nSPS) is 12.6. The monoisotopic (exact) mass is 831 g/mol. The molecule has 1 aromatic heterocycles. The van der Waals surface area contributed by atoms with Crippen molar-refractivity contribution in [2.45, 2.75) is 19.3 Å². The zero-order chi connectivity index (χ0) is 43.5. The molecular weight excluding hydrogens is 787 g/mol. The summed E-state index contributed by atoms with van der Waals surface area (Å²) in [6.07, 6.45) is 1.88. The van der Waals surface area contributed by atoms with Gasteiger partial charge in [0.2, 0.25) is 0 Å². The largest absolute Gasteiger partial charge is 0.309 e. The highest BCUT2D eigenvalue weighted by Crippen LogP contribution is 2.54. The maximum Gasteiger partial charge on any atom is 0.137 e. The van der Waals surface area contributed by atoms with E-state index in [4.69, 9.17) is 4.98 Å². The van der Waals surface area contributed by atoms with Gasteiger partial charge in [-0.1, -0.05) is 184 Å². The summed E-state index contributed by atoms with van der Waals surface area (Å²) in [5.74, 6) is 0.871. The predicted octanol–water partition coefficient (Wildman–Crippen LogP) is 17.1. The van der Waals surface area contributed by atoms with E-state index in [1.54, 1.807) is 0 Å². The molecule has 3 heteroatoms. The summed E-state index contributed by atoms with van der Waals surface area (Å²) in [4.78, 5) is 9.73. The predicted molar refractivity (Wildman–Crippen MR) is 275 cm³/mol. The van der Waals surface area contributed by atoms with Crippen LogP contribution in [0.3, 0.4) is 0 Å². The third kappa shape index (κ3) is 6.31. The molecule has 308 valence electrons. The van der Waals surface area contributed by atoms with Gasteiger partial charge in [0.15, 0.2) is 0 Å². The lowest BCUT2D eigenvalue weighted by Crippen LogP contribution is -2.24. The van der Waals surface area contributed by atoms with Crippen LogP contribution >= 0.6 is 0 Å². The maximum absolute atomic E-state index is 4.95. The topological polar surface area (TPSA) is 19.4 Å². The number of rotatable bonds is 8. The van der Waals surface area contributed by atoms with Crippen molar-refractivity contribution in [2.75, 3.05) is 9.80 Å². The van der Waals surface area contributed by atoms with E-state index in [9.17, 15) is 0 Å². The van der Waals surface area contributed by atoms with Crippen molar-refractivity contribution >= 4 is 66.6 Å². The summed E-state index contributed by atoms with van der Waals surface area (Å²) in [6.45, 7) is 4.79. The van der Waals surface area contributed by atoms with Gasteiger partial charge in [-0.05, 0) is 121 Å². The second-order valence-electron chi connectivity index (χ2n) is 17.5. The van der Waals surface area contributed by atoms with Crippen LogP contribution < -0.4 is 9.80 Å². The van der Waals surface area contributed by atoms with Gasteiger partial charge in [0, 0.05) is 39.5 Å². The van der Waals surface area contributed by atoms with Crippen LogP contribution in [0.2, 0.25) is 0 Å². The fourth-order valence-corrected chi connectivity index (χ4v) is 10.5. The van der Waals surface area contributed by atoms with Crippen LogP contribution in [-0.2, 0) is 5.41 Å². The first kappa shape index (κ1) is 38.4. The Bertz CT molecular complexity index is 3560. The second-order valence-corrected chi connectivity index (χ2v) is 17.5. The summed E-state index contributed by atoms with van der Waals surface area (Å²) in [6, 6.07) is 83.8. The fraction of sp³-hybridized carbons (Fsp3) is 0.0484. The molecule has 11 aromatic rings. The van der Waals surface area contributed by atoms with Crippen LogP contribution in [0.4, 0.5) is 34.3 Å². The molecule has 1 aliphatic rings. The first-order valence-corrected chi connectivity index (χ1v) is 22.5. The quantitative estimate of drug-likeness (QED) is 0.142. The highest BCUT2D eigenvalue weighted by molar-refractivity contribution is 6.25. The molecular formula is C62H45N3. The Hall–Kier alpha value is -8.27. The molecule has 0 atom stereocenters. The van der Waals surface area contributed by atoms with E-state index in [1.807, 2.05) is 12.3 Å². The van der Waals surface area contributed by atoms with E-state index < -0.39 is 0 Å². The Balaban J connectivity index is 1.10. The molecule has 0 amide bonds. The minimum absolute atomic E-state index is 0.315. The van der Waals surface area contributed by atoms with E-state index >= 15 is 0 Å². The number of nitrogens with zero attached hydrogens (tertiary/aromatic N) is 3. The average Bonchev–Trinajstić information content (AvgIpc) is 3.37. The Kier molecular flexibility index (Phi) is 9.17. The fourth-order valence-electron chi connectivity index (χ4n) is 10.5. The number of aromatic nitrogens is 1. The van der Waals surface area contributed by atoms with E-state index in [1.165, 1.54) is 65.7 Å². The van der Waals surface area contributed by atoms with Crippen molar-refractivity contribution in [1.29, 1.82) is 0 Å². The Morgan fingerprint density at radius 3 is 1.58 bits per heavy atom. The first-order valence-electron chi connectivity index (χ1n) is 22.5. The van der Waals surface area contributed by atoms with Gasteiger partial charge in [-0.3, -0.25) is 4.90 Å². The molecule has 0 fully saturated rings. The number of hydrogen-bond acceptors (Lipinski definition) is 3. The smallest absolute Gasteiger partial charge is 0.137 e. The van der Waals surface area contributed by atoms with Gasteiger partial charge in [0.25, 0.3) is 0 Å². The van der Waals surface area contributed by atoms with Gasteiger partial charge >= 0.3 is 0 Å². The summed E-state index contributed by atoms with van der Waals surface area (Å²) in [7, 11) is 0. The highest BCUT2D eigenvalue weighted by atomic mass is 15.2. The number of pyridine rings is 1. The highest BCUT2D eigenvalue weighted by Gasteiger charge is 2.35. The van der Waals surface area contributed by atoms with E-state index in [-0.39, 0.29) is 5.41 Å². The Labute approximate surface area is 380 Å². The van der Waals surface area contributed by atoms with Crippen LogP contribution in [0.25, 0.3) is 65.7 Å². The maximum atomic E-state index is 4.95. The van der Waals surface area contributed by atoms with E-state index in [2.05, 4.69) is 248 Å². The lowest BCUT2D eigenvalue weighted by Gasteiger charge is -2.37. The Morgan fingerprint density at radius 2 is 0.908 bits per heavy atom. The molecule has 3 nitrogen and oxygen atoms in total. The molecule has 0 N–H and O–H groups in total. The molecule has 65 heavy (non-hydrogen) atoms. The zero-order valence-corrected chi connectivity index (χ0v) is 36.4. The molecule has 0 aliphatic heterocycles. The third-order valence-corrected chi connectivity index (χ3v) is 13.5. The van der Waals surface area contributed by atoms with Crippen molar-refractivity contribution in [2.24, 2.45) is 0 Å². The number of anilines is 6. The lowest BCUT2D eigenvalue weighted by atomic mass is 9.68. The van der Waals surface area contributed by atoms with Crippen molar-refractivity contribution < 1.29 is 0 Å². The van der Waals surface area contributed by atoms with Crippen LogP contribution in [0.1, 0.15) is 25.0 Å². The number of fused-ring (bicyclic) bond motifs is 6. The van der Waals surface area contributed by atoms with Crippen molar-refractivity contribution in [3.8, 4) is 33.4 Å². The van der Waals surface area contributed by atoms with Gasteiger partial charge < -0.3 is 4.90 Å². The molecule has 0 unspecified atom stereocenters. The van der Waals surface area contributed by atoms with Crippen molar-refractivity contribution in [1.82, 2.24) is 4.98 Å². The SMILES string of the molecule is CC1(C)c2cc(N(c3ccccn3)c3ccccc3-c3ccccc3)ccc2-c2cc3c4ccccc4c(N(c4ccccc4)c4ccccc4-c4ccccc4)cc3c3cccc1c23. The molecule has 0 bridgehead atoms. The minimum atomic E-state index is -0.315. The van der Waals surface area contributed by atoms with E-state index in [0.717, 1.165) is 45.4 Å². The van der Waals surface area contributed by atoms with Crippen LogP contribution in [-0.4, -0.2) is 4.98 Å². The molecule has 1 aliphatic carbocycles. The molecule has 0 saturated carbocycles. The summed E-state index contributed by atoms with van der Waals surface area (Å²) in [5.41, 5.74) is 15.1. The standard InChI is InChI=1S/C62H45N3/c1-62(2)55-32-20-31-51-53-41-59(64(44-25-10-5-11-26-44)57-33-16-14-27-46(57)42-21-6-3-7-22-42)50-30-13-12-29-48(50)52(53)40-54(61(51)55)49-37-36-45(39-56(49)62)65(60-35-18-19-38-63-60)58-34-17-15-28-47(58)43-23-8-4-9-24-43/h3-41H,1-2H3. The average molecular weight is 832 g/mol. The lowest BCUT2D eigenvalue weighted by molar-refractivity contribution is 0.645. The molecule has 0 radical (unpaired) electrons.